The number of rotatable bonds is 7. The molecule has 1 aromatic carbocycles. The molecule has 0 spiro atoms. The van der Waals surface area contributed by atoms with Crippen LogP contribution in [0.25, 0.3) is 0 Å². The molecule has 0 bridgehead atoms. The van der Waals surface area contributed by atoms with Crippen molar-refractivity contribution in [1.82, 2.24) is 9.80 Å². The van der Waals surface area contributed by atoms with Gasteiger partial charge < -0.3 is 21.1 Å². The Labute approximate surface area is 179 Å². The molecule has 2 unspecified atom stereocenters. The summed E-state index contributed by atoms with van der Waals surface area (Å²) in [7, 11) is 0. The van der Waals surface area contributed by atoms with E-state index in [0.717, 1.165) is 57.5 Å². The molecular weight excluding hydrogens is 382 g/mol. The largest absolute Gasteiger partial charge is 0.395 e. The summed E-state index contributed by atoms with van der Waals surface area (Å²) in [6.07, 6.45) is 7.13. The molecule has 1 saturated heterocycles. The molecule has 1 heterocycles. The second kappa shape index (κ2) is 11.8. The lowest BCUT2D eigenvalue weighted by atomic mass is 9.81. The van der Waals surface area contributed by atoms with Crippen molar-refractivity contribution in [3.63, 3.8) is 0 Å². The van der Waals surface area contributed by atoms with E-state index in [1.807, 2.05) is 0 Å². The number of nitrogens with two attached hydrogens (primary N) is 1. The summed E-state index contributed by atoms with van der Waals surface area (Å²) in [4.78, 5) is 11.0. The van der Waals surface area contributed by atoms with Gasteiger partial charge in [-0.3, -0.25) is 9.89 Å². The van der Waals surface area contributed by atoms with Gasteiger partial charge in [0.15, 0.2) is 5.96 Å². The summed E-state index contributed by atoms with van der Waals surface area (Å²) in [5.74, 6) is 2.30. The molecule has 3 rings (SSSR count). The molecule has 7 heteroatoms. The first kappa shape index (κ1) is 22.4. The lowest BCUT2D eigenvalue weighted by molar-refractivity contribution is 0.147. The zero-order valence-electron chi connectivity index (χ0n) is 17.7. The van der Waals surface area contributed by atoms with Crippen molar-refractivity contribution in [2.45, 2.75) is 30.6 Å². The topological polar surface area (TPSA) is 77.1 Å². The van der Waals surface area contributed by atoms with Crippen LogP contribution in [0, 0.1) is 11.8 Å². The number of nitrogens with zero attached hydrogens (tertiary/aromatic N) is 3. The number of guanidine groups is 1. The van der Waals surface area contributed by atoms with Crippen LogP contribution in [0.3, 0.4) is 0 Å². The van der Waals surface area contributed by atoms with Crippen molar-refractivity contribution in [1.29, 1.82) is 0 Å². The summed E-state index contributed by atoms with van der Waals surface area (Å²) in [6.45, 7) is 6.45. The Kier molecular flexibility index (Phi) is 9.11. The summed E-state index contributed by atoms with van der Waals surface area (Å²) in [5.41, 5.74) is 7.05. The predicted molar refractivity (Wildman–Crippen MR) is 124 cm³/mol. The van der Waals surface area contributed by atoms with E-state index in [0.29, 0.717) is 11.8 Å². The van der Waals surface area contributed by atoms with Gasteiger partial charge in [0.1, 0.15) is 0 Å². The van der Waals surface area contributed by atoms with E-state index in [1.54, 1.807) is 11.8 Å². The summed E-state index contributed by atoms with van der Waals surface area (Å²) < 4.78 is 0. The normalized spacial score (nSPS) is 24.0. The molecule has 4 N–H and O–H groups in total. The quantitative estimate of drug-likeness (QED) is 0.358. The third kappa shape index (κ3) is 6.60. The fourth-order valence-corrected chi connectivity index (χ4v) is 4.96. The standard InChI is InChI=1S/C22H37N5OS/c1-29-21-8-3-2-7-20(21)25-22(27-11-9-26(10-12-27)13-14-28)24-17-19-6-4-5-18(15-19)16-23/h2-3,7-8,18-19,28H,4-6,9-17,23H2,1H3,(H,24,25). The van der Waals surface area contributed by atoms with Gasteiger partial charge in [-0.2, -0.15) is 0 Å². The maximum Gasteiger partial charge on any atom is 0.198 e. The highest BCUT2D eigenvalue weighted by Crippen LogP contribution is 2.29. The zero-order valence-corrected chi connectivity index (χ0v) is 18.5. The molecule has 1 aromatic rings. The number of thioether (sulfide) groups is 1. The highest BCUT2D eigenvalue weighted by Gasteiger charge is 2.23. The molecule has 2 aliphatic rings. The molecule has 2 fully saturated rings. The lowest BCUT2D eigenvalue weighted by Crippen LogP contribution is -2.51. The van der Waals surface area contributed by atoms with Gasteiger partial charge in [0.25, 0.3) is 0 Å². The minimum absolute atomic E-state index is 0.226. The second-order valence-electron chi connectivity index (χ2n) is 8.18. The monoisotopic (exact) mass is 419 g/mol. The number of hydrogen-bond acceptors (Lipinski definition) is 5. The number of β-amino-alcohol motifs (C(OH)–C–C–N with tert-alkyl or cyclic N) is 1. The second-order valence-corrected chi connectivity index (χ2v) is 9.02. The van der Waals surface area contributed by atoms with Crippen LogP contribution in [0.15, 0.2) is 34.2 Å². The number of para-hydroxylation sites is 1. The molecule has 1 saturated carbocycles. The third-order valence-electron chi connectivity index (χ3n) is 6.17. The minimum Gasteiger partial charge on any atom is -0.395 e. The molecule has 0 aromatic heterocycles. The van der Waals surface area contributed by atoms with Gasteiger partial charge in [0.05, 0.1) is 12.3 Å². The number of piperazine rings is 1. The highest BCUT2D eigenvalue weighted by molar-refractivity contribution is 7.98. The van der Waals surface area contributed by atoms with Crippen molar-refractivity contribution in [2.24, 2.45) is 22.6 Å². The molecule has 29 heavy (non-hydrogen) atoms. The van der Waals surface area contributed by atoms with Crippen LogP contribution in [0.4, 0.5) is 5.69 Å². The van der Waals surface area contributed by atoms with Crippen LogP contribution in [-0.4, -0.2) is 79.5 Å². The molecule has 0 radical (unpaired) electrons. The third-order valence-corrected chi connectivity index (χ3v) is 6.96. The van der Waals surface area contributed by atoms with Crippen LogP contribution in [-0.2, 0) is 0 Å². The summed E-state index contributed by atoms with van der Waals surface area (Å²) in [5, 5.41) is 12.9. The van der Waals surface area contributed by atoms with E-state index in [2.05, 4.69) is 45.6 Å². The molecule has 2 atom stereocenters. The summed E-state index contributed by atoms with van der Waals surface area (Å²) in [6, 6.07) is 8.44. The Morgan fingerprint density at radius 1 is 1.21 bits per heavy atom. The SMILES string of the molecule is CSc1ccccc1NC(=NCC1CCCC(CN)C1)N1CCN(CCO)CC1. The molecule has 1 aliphatic heterocycles. The Morgan fingerprint density at radius 2 is 1.97 bits per heavy atom. The van der Waals surface area contributed by atoms with E-state index in [4.69, 9.17) is 10.7 Å². The fraction of sp³-hybridized carbons (Fsp3) is 0.682. The maximum absolute atomic E-state index is 9.21. The van der Waals surface area contributed by atoms with Crippen LogP contribution in [0.1, 0.15) is 25.7 Å². The van der Waals surface area contributed by atoms with Crippen LogP contribution >= 0.6 is 11.8 Å². The number of nitrogens with one attached hydrogen (secondary N) is 1. The van der Waals surface area contributed by atoms with Gasteiger partial charge in [-0.05, 0) is 56.0 Å². The molecule has 0 amide bonds. The van der Waals surface area contributed by atoms with Crippen LogP contribution < -0.4 is 11.1 Å². The van der Waals surface area contributed by atoms with Gasteiger partial charge in [-0.25, -0.2) is 0 Å². The first-order valence-corrected chi connectivity index (χ1v) is 12.2. The first-order chi connectivity index (χ1) is 14.2. The minimum atomic E-state index is 0.226. The number of aliphatic imine (C=N–C) groups is 1. The van der Waals surface area contributed by atoms with Crippen LogP contribution in [0.2, 0.25) is 0 Å². The summed E-state index contributed by atoms with van der Waals surface area (Å²) >= 11 is 1.75. The van der Waals surface area contributed by atoms with Gasteiger partial charge in [0, 0.05) is 44.2 Å². The number of benzene rings is 1. The van der Waals surface area contributed by atoms with Gasteiger partial charge >= 0.3 is 0 Å². The number of aliphatic hydroxyl groups excluding tert-OH is 1. The molecule has 6 nitrogen and oxygen atoms in total. The molecule has 162 valence electrons. The van der Waals surface area contributed by atoms with Crippen molar-refractivity contribution in [3.8, 4) is 0 Å². The van der Waals surface area contributed by atoms with E-state index in [-0.39, 0.29) is 6.61 Å². The van der Waals surface area contributed by atoms with E-state index < -0.39 is 0 Å². The maximum atomic E-state index is 9.21. The Balaban J connectivity index is 1.70. The van der Waals surface area contributed by atoms with Crippen molar-refractivity contribution in [2.75, 3.05) is 64.0 Å². The first-order valence-electron chi connectivity index (χ1n) is 11.0. The number of aliphatic hydroxyl groups is 1. The Hall–Kier alpha value is -1.28. The Morgan fingerprint density at radius 3 is 2.69 bits per heavy atom. The number of anilines is 1. The van der Waals surface area contributed by atoms with E-state index in [1.165, 1.54) is 30.6 Å². The number of hydrogen-bond donors (Lipinski definition) is 3. The fourth-order valence-electron chi connectivity index (χ4n) is 4.41. The zero-order chi connectivity index (χ0) is 20.5. The predicted octanol–water partition coefficient (Wildman–Crippen LogP) is 2.55. The van der Waals surface area contributed by atoms with Crippen molar-refractivity contribution in [3.05, 3.63) is 24.3 Å². The highest BCUT2D eigenvalue weighted by atomic mass is 32.2. The van der Waals surface area contributed by atoms with Gasteiger partial charge in [-0.15, -0.1) is 11.8 Å². The van der Waals surface area contributed by atoms with Gasteiger partial charge in [-0.1, -0.05) is 18.6 Å². The lowest BCUT2D eigenvalue weighted by Gasteiger charge is -2.36. The van der Waals surface area contributed by atoms with E-state index in [9.17, 15) is 5.11 Å². The van der Waals surface area contributed by atoms with Crippen molar-refractivity contribution < 1.29 is 5.11 Å². The molecule has 1 aliphatic carbocycles. The Bertz CT molecular complexity index is 648. The smallest absolute Gasteiger partial charge is 0.198 e. The van der Waals surface area contributed by atoms with Crippen LogP contribution in [0.5, 0.6) is 0 Å². The van der Waals surface area contributed by atoms with Crippen molar-refractivity contribution >= 4 is 23.4 Å². The molecular formula is C22H37N5OS. The van der Waals surface area contributed by atoms with Gasteiger partial charge in [0.2, 0.25) is 0 Å². The average molecular weight is 420 g/mol. The average Bonchev–Trinajstić information content (AvgIpc) is 2.78. The van der Waals surface area contributed by atoms with E-state index >= 15 is 0 Å².